The molecule has 1 heterocycles. The minimum Gasteiger partial charge on any atom is -0.463 e. The Labute approximate surface area is 151 Å². The van der Waals surface area contributed by atoms with Crippen LogP contribution >= 0.6 is 0 Å². The van der Waals surface area contributed by atoms with Crippen LogP contribution in [0.1, 0.15) is 26.3 Å². The van der Waals surface area contributed by atoms with Crippen molar-refractivity contribution >= 4 is 17.9 Å². The second kappa shape index (κ2) is 9.30. The van der Waals surface area contributed by atoms with Crippen LogP contribution in [0.3, 0.4) is 0 Å². The topological polar surface area (TPSA) is 97.4 Å². The summed E-state index contributed by atoms with van der Waals surface area (Å²) in [4.78, 5) is 34.0. The number of hydrogen-bond acceptors (Lipinski definition) is 8. The minimum absolute atomic E-state index is 0.157. The van der Waals surface area contributed by atoms with Crippen molar-refractivity contribution in [2.24, 2.45) is 0 Å². The third-order valence-corrected chi connectivity index (χ3v) is 3.58. The van der Waals surface area contributed by atoms with E-state index in [1.165, 1.54) is 20.8 Å². The molecule has 2 rings (SSSR count). The van der Waals surface area contributed by atoms with Gasteiger partial charge in [0.1, 0.15) is 12.7 Å². The monoisotopic (exact) mass is 366 g/mol. The van der Waals surface area contributed by atoms with Gasteiger partial charge in [0.15, 0.2) is 18.5 Å². The SMILES string of the molecule is CC(=O)OC[C@@H]1O[C@H](OCc2ccccc2)[C@@H](OC(C)=O)[C@H]1OC(C)=O. The number of benzene rings is 1. The van der Waals surface area contributed by atoms with E-state index >= 15 is 0 Å². The second-order valence-electron chi connectivity index (χ2n) is 5.79. The first-order valence-corrected chi connectivity index (χ1v) is 8.15. The summed E-state index contributed by atoms with van der Waals surface area (Å²) in [6, 6.07) is 9.35. The summed E-state index contributed by atoms with van der Waals surface area (Å²) in [5.74, 6) is -1.66. The maximum Gasteiger partial charge on any atom is 0.303 e. The summed E-state index contributed by atoms with van der Waals surface area (Å²) in [7, 11) is 0. The molecule has 0 unspecified atom stereocenters. The Morgan fingerprint density at radius 1 is 0.923 bits per heavy atom. The van der Waals surface area contributed by atoms with Crippen LogP contribution in [-0.4, -0.2) is 49.1 Å². The van der Waals surface area contributed by atoms with Crippen molar-refractivity contribution in [3.8, 4) is 0 Å². The standard InChI is InChI=1S/C18H22O8/c1-11(19)22-10-15-16(24-12(2)20)17(25-13(3)21)18(26-15)23-9-14-7-5-4-6-8-14/h4-8,15-18H,9-10H2,1-3H3/t15-,16-,17-,18-/m0/s1. The highest BCUT2D eigenvalue weighted by Gasteiger charge is 2.50. The molecule has 0 aliphatic carbocycles. The third-order valence-electron chi connectivity index (χ3n) is 3.58. The highest BCUT2D eigenvalue weighted by molar-refractivity contribution is 5.67. The van der Waals surface area contributed by atoms with Crippen LogP contribution in [0.5, 0.6) is 0 Å². The first-order chi connectivity index (χ1) is 12.4. The van der Waals surface area contributed by atoms with Crippen molar-refractivity contribution in [1.82, 2.24) is 0 Å². The lowest BCUT2D eigenvalue weighted by Gasteiger charge is -2.23. The fraction of sp³-hybridized carbons (Fsp3) is 0.500. The van der Waals surface area contributed by atoms with Crippen LogP contribution in [-0.2, 0) is 44.7 Å². The van der Waals surface area contributed by atoms with E-state index in [1.54, 1.807) is 0 Å². The zero-order valence-electron chi connectivity index (χ0n) is 14.9. The summed E-state index contributed by atoms with van der Waals surface area (Å²) in [5.41, 5.74) is 0.894. The van der Waals surface area contributed by atoms with Crippen molar-refractivity contribution in [3.63, 3.8) is 0 Å². The fourth-order valence-electron chi connectivity index (χ4n) is 2.56. The van der Waals surface area contributed by atoms with Crippen LogP contribution in [0.15, 0.2) is 30.3 Å². The van der Waals surface area contributed by atoms with E-state index in [0.29, 0.717) is 0 Å². The molecule has 1 aromatic rings. The highest BCUT2D eigenvalue weighted by atomic mass is 16.7. The molecule has 26 heavy (non-hydrogen) atoms. The molecule has 0 N–H and O–H groups in total. The van der Waals surface area contributed by atoms with Crippen molar-refractivity contribution in [1.29, 1.82) is 0 Å². The Balaban J connectivity index is 2.13. The molecule has 4 atom stereocenters. The molecule has 142 valence electrons. The van der Waals surface area contributed by atoms with Crippen LogP contribution in [0.4, 0.5) is 0 Å². The molecule has 1 aliphatic heterocycles. The van der Waals surface area contributed by atoms with Gasteiger partial charge in [-0.25, -0.2) is 0 Å². The molecule has 1 aliphatic rings. The van der Waals surface area contributed by atoms with E-state index in [2.05, 4.69) is 0 Å². The van der Waals surface area contributed by atoms with Gasteiger partial charge in [0, 0.05) is 20.8 Å². The van der Waals surface area contributed by atoms with Gasteiger partial charge in [0.25, 0.3) is 0 Å². The molecule has 1 fully saturated rings. The Hall–Kier alpha value is -2.45. The largest absolute Gasteiger partial charge is 0.463 e. The van der Waals surface area contributed by atoms with Crippen LogP contribution < -0.4 is 0 Å². The molecule has 0 radical (unpaired) electrons. The molecule has 8 nitrogen and oxygen atoms in total. The van der Waals surface area contributed by atoms with Gasteiger partial charge >= 0.3 is 17.9 Å². The maximum absolute atomic E-state index is 11.5. The lowest BCUT2D eigenvalue weighted by Crippen LogP contribution is -2.41. The van der Waals surface area contributed by atoms with Crippen LogP contribution in [0, 0.1) is 0 Å². The first kappa shape index (κ1) is 19.9. The van der Waals surface area contributed by atoms with E-state index in [0.717, 1.165) is 5.56 Å². The van der Waals surface area contributed by atoms with E-state index in [4.69, 9.17) is 23.7 Å². The average molecular weight is 366 g/mol. The molecular weight excluding hydrogens is 344 g/mol. The molecular formula is C18H22O8. The number of rotatable bonds is 7. The molecule has 1 aromatic carbocycles. The van der Waals surface area contributed by atoms with E-state index < -0.39 is 42.5 Å². The van der Waals surface area contributed by atoms with Crippen molar-refractivity contribution in [3.05, 3.63) is 35.9 Å². The highest BCUT2D eigenvalue weighted by Crippen LogP contribution is 2.29. The Kier molecular flexibility index (Phi) is 7.11. The van der Waals surface area contributed by atoms with E-state index in [9.17, 15) is 14.4 Å². The zero-order chi connectivity index (χ0) is 19.1. The number of hydrogen-bond donors (Lipinski definition) is 0. The van der Waals surface area contributed by atoms with Crippen molar-refractivity contribution in [2.75, 3.05) is 6.61 Å². The summed E-state index contributed by atoms with van der Waals surface area (Å²) in [5, 5.41) is 0. The van der Waals surface area contributed by atoms with Crippen LogP contribution in [0.25, 0.3) is 0 Å². The van der Waals surface area contributed by atoms with E-state index in [1.807, 2.05) is 30.3 Å². The Morgan fingerprint density at radius 3 is 2.12 bits per heavy atom. The molecule has 0 amide bonds. The number of carbonyl (C=O) groups is 3. The van der Waals surface area contributed by atoms with Crippen molar-refractivity contribution < 1.29 is 38.1 Å². The summed E-state index contributed by atoms with van der Waals surface area (Å²) < 4.78 is 26.9. The summed E-state index contributed by atoms with van der Waals surface area (Å²) >= 11 is 0. The average Bonchev–Trinajstić information content (AvgIpc) is 2.88. The van der Waals surface area contributed by atoms with Crippen molar-refractivity contribution in [2.45, 2.75) is 52.0 Å². The van der Waals surface area contributed by atoms with Crippen LogP contribution in [0.2, 0.25) is 0 Å². The van der Waals surface area contributed by atoms with Gasteiger partial charge < -0.3 is 23.7 Å². The van der Waals surface area contributed by atoms with Gasteiger partial charge in [0.05, 0.1) is 6.61 Å². The number of carbonyl (C=O) groups excluding carboxylic acids is 3. The minimum atomic E-state index is -0.972. The van der Waals surface area contributed by atoms with Gasteiger partial charge in [-0.2, -0.15) is 0 Å². The molecule has 0 saturated carbocycles. The molecule has 0 bridgehead atoms. The van der Waals surface area contributed by atoms with Gasteiger partial charge in [0.2, 0.25) is 0 Å². The predicted octanol–water partition coefficient (Wildman–Crippen LogP) is 1.35. The first-order valence-electron chi connectivity index (χ1n) is 8.15. The maximum atomic E-state index is 11.5. The van der Waals surface area contributed by atoms with Gasteiger partial charge in [-0.15, -0.1) is 0 Å². The Bertz CT molecular complexity index is 629. The third kappa shape index (κ3) is 5.82. The lowest BCUT2D eigenvalue weighted by molar-refractivity contribution is -0.194. The lowest BCUT2D eigenvalue weighted by atomic mass is 10.1. The normalized spacial score (nSPS) is 24.7. The fourth-order valence-corrected chi connectivity index (χ4v) is 2.56. The molecule has 1 saturated heterocycles. The summed E-state index contributed by atoms with van der Waals surface area (Å²) in [6.07, 6.45) is -3.70. The molecule has 8 heteroatoms. The number of esters is 3. The number of ether oxygens (including phenoxy) is 5. The molecule has 0 spiro atoms. The van der Waals surface area contributed by atoms with Gasteiger partial charge in [-0.1, -0.05) is 30.3 Å². The quantitative estimate of drug-likeness (QED) is 0.527. The molecule has 0 aromatic heterocycles. The predicted molar refractivity (Wildman–Crippen MR) is 87.6 cm³/mol. The van der Waals surface area contributed by atoms with Gasteiger partial charge in [-0.3, -0.25) is 14.4 Å². The second-order valence-corrected chi connectivity index (χ2v) is 5.79. The van der Waals surface area contributed by atoms with E-state index in [-0.39, 0.29) is 13.2 Å². The smallest absolute Gasteiger partial charge is 0.303 e. The van der Waals surface area contributed by atoms with Gasteiger partial charge in [-0.05, 0) is 5.56 Å². The Morgan fingerprint density at radius 2 is 1.54 bits per heavy atom. The summed E-state index contributed by atoms with van der Waals surface area (Å²) in [6.45, 7) is 3.76. The zero-order valence-corrected chi connectivity index (χ0v) is 14.9.